The van der Waals surface area contributed by atoms with Crippen molar-refractivity contribution in [1.29, 1.82) is 0 Å². The van der Waals surface area contributed by atoms with Crippen LogP contribution in [0.5, 0.6) is 0 Å². The van der Waals surface area contributed by atoms with Gasteiger partial charge in [-0.25, -0.2) is 0 Å². The van der Waals surface area contributed by atoms with Gasteiger partial charge < -0.3 is 9.84 Å². The van der Waals surface area contributed by atoms with Crippen molar-refractivity contribution in [2.75, 3.05) is 18.3 Å². The van der Waals surface area contributed by atoms with Crippen LogP contribution in [-0.2, 0) is 9.53 Å². The van der Waals surface area contributed by atoms with E-state index in [2.05, 4.69) is 4.74 Å². The Morgan fingerprint density at radius 1 is 1.60 bits per heavy atom. The predicted octanol–water partition coefficient (Wildman–Crippen LogP) is 0.881. The zero-order valence-electron chi connectivity index (χ0n) is 5.70. The number of carbonyl (C=O) groups excluding carboxylic acids is 1. The Hall–Kier alpha value is 0.130. The molecule has 0 aromatic heterocycles. The molecule has 0 aromatic rings. The zero-order chi connectivity index (χ0) is 7.82. The van der Waals surface area contributed by atoms with E-state index in [1.807, 2.05) is 0 Å². The Balaban J connectivity index is 3.05. The van der Waals surface area contributed by atoms with Gasteiger partial charge in [0.15, 0.2) is 0 Å². The maximum Gasteiger partial charge on any atom is 0.316 e. The second kappa shape index (κ2) is 7.24. The maximum absolute atomic E-state index is 10.6. The number of aliphatic hydroxyl groups excluding tert-OH is 1. The van der Waals surface area contributed by atoms with Gasteiger partial charge in [-0.2, -0.15) is 0 Å². The van der Waals surface area contributed by atoms with Gasteiger partial charge >= 0.3 is 5.97 Å². The zero-order valence-corrected chi connectivity index (χ0v) is 7.33. The quantitative estimate of drug-likeness (QED) is 0.296. The summed E-state index contributed by atoms with van der Waals surface area (Å²) in [5.74, 6) is 0.108. The topological polar surface area (TPSA) is 46.5 Å². The molecule has 0 saturated heterocycles. The third kappa shape index (κ3) is 6.25. The van der Waals surface area contributed by atoms with Crippen molar-refractivity contribution in [2.24, 2.45) is 0 Å². The highest BCUT2D eigenvalue weighted by Gasteiger charge is 1.99. The predicted molar refractivity (Wildman–Crippen MR) is 43.8 cm³/mol. The molecule has 0 amide bonds. The minimum atomic E-state index is -0.228. The molecular weight excluding hydrogens is 172 g/mol. The van der Waals surface area contributed by atoms with Crippen LogP contribution in [0, 0.1) is 0 Å². The highest BCUT2D eigenvalue weighted by molar-refractivity contribution is 8.76. The summed E-state index contributed by atoms with van der Waals surface area (Å²) in [7, 11) is 2.53. The molecule has 1 N–H and O–H groups in total. The van der Waals surface area contributed by atoms with Gasteiger partial charge in [-0.3, -0.25) is 4.79 Å². The number of ether oxygens (including phenoxy) is 1. The average molecular weight is 182 g/mol. The first kappa shape index (κ1) is 10.1. The molecule has 0 bridgehead atoms. The van der Waals surface area contributed by atoms with Gasteiger partial charge in [0.2, 0.25) is 0 Å². The van der Waals surface area contributed by atoms with E-state index in [1.165, 1.54) is 21.6 Å². The summed E-state index contributed by atoms with van der Waals surface area (Å²) in [5.41, 5.74) is 0. The summed E-state index contributed by atoms with van der Waals surface area (Å²) >= 11 is 0. The van der Waals surface area contributed by atoms with Crippen molar-refractivity contribution in [3.8, 4) is 0 Å². The number of hydrogen-bond donors (Lipinski definition) is 1. The van der Waals surface area contributed by atoms with Gasteiger partial charge in [0.05, 0.1) is 12.5 Å². The minimum absolute atomic E-state index is 0.0318. The average Bonchev–Trinajstić information content (AvgIpc) is 1.89. The van der Waals surface area contributed by atoms with E-state index in [9.17, 15) is 4.79 Å². The lowest BCUT2D eigenvalue weighted by molar-refractivity contribution is -0.139. The van der Waals surface area contributed by atoms with E-state index >= 15 is 0 Å². The molecule has 0 aliphatic rings. The highest BCUT2D eigenvalue weighted by Crippen LogP contribution is 2.18. The van der Waals surface area contributed by atoms with Gasteiger partial charge in [-0.15, -0.1) is 0 Å². The second-order valence-corrected chi connectivity index (χ2v) is 3.75. The second-order valence-electron chi connectivity index (χ2n) is 1.31. The smallest absolute Gasteiger partial charge is 0.316 e. The van der Waals surface area contributed by atoms with Crippen molar-refractivity contribution in [3.63, 3.8) is 0 Å². The molecule has 0 aliphatic heterocycles. The number of carbonyl (C=O) groups is 1. The molecule has 10 heavy (non-hydrogen) atoms. The van der Waals surface area contributed by atoms with E-state index in [0.29, 0.717) is 12.4 Å². The van der Waals surface area contributed by atoms with E-state index in [1.54, 1.807) is 6.92 Å². The molecule has 0 fully saturated rings. The highest BCUT2D eigenvalue weighted by atomic mass is 33.1. The van der Waals surface area contributed by atoms with Crippen LogP contribution in [0.2, 0.25) is 0 Å². The van der Waals surface area contributed by atoms with Crippen molar-refractivity contribution < 1.29 is 14.6 Å². The van der Waals surface area contributed by atoms with Gasteiger partial charge in [0, 0.05) is 0 Å². The fourth-order valence-corrected chi connectivity index (χ4v) is 1.43. The van der Waals surface area contributed by atoms with Gasteiger partial charge in [-0.05, 0) is 6.92 Å². The summed E-state index contributed by atoms with van der Waals surface area (Å²) in [6.07, 6.45) is 0. The lowest BCUT2D eigenvalue weighted by Gasteiger charge is -1.98. The van der Waals surface area contributed by atoms with Crippen LogP contribution in [0.15, 0.2) is 0 Å². The van der Waals surface area contributed by atoms with Gasteiger partial charge in [-0.1, -0.05) is 21.6 Å². The summed E-state index contributed by atoms with van der Waals surface area (Å²) in [4.78, 5) is 10.6. The molecule has 0 heterocycles. The molecule has 3 nitrogen and oxygen atoms in total. The number of hydrogen-bond acceptors (Lipinski definition) is 5. The molecular formula is C5H10O3S2. The summed E-state index contributed by atoms with van der Waals surface area (Å²) in [6.45, 7) is 2.19. The Morgan fingerprint density at radius 3 is 2.80 bits per heavy atom. The molecule has 0 spiro atoms. The first-order valence-corrected chi connectivity index (χ1v) is 5.31. The Bertz CT molecular complexity index is 96.9. The SMILES string of the molecule is CCOC(=O)CSSCO. The lowest BCUT2D eigenvalue weighted by Crippen LogP contribution is -2.05. The number of esters is 1. The standard InChI is InChI=1S/C5H10O3S2/c1-2-8-5(7)3-9-10-4-6/h6H,2-4H2,1H3. The summed E-state index contributed by atoms with van der Waals surface area (Å²) < 4.78 is 4.63. The fourth-order valence-electron chi connectivity index (χ4n) is 0.330. The first-order chi connectivity index (χ1) is 4.81. The normalized spacial score (nSPS) is 9.40. The van der Waals surface area contributed by atoms with Crippen LogP contribution in [0.3, 0.4) is 0 Å². The van der Waals surface area contributed by atoms with Crippen LogP contribution in [0.25, 0.3) is 0 Å². The first-order valence-electron chi connectivity index (χ1n) is 2.82. The van der Waals surface area contributed by atoms with Crippen LogP contribution < -0.4 is 0 Å². The van der Waals surface area contributed by atoms with Crippen LogP contribution >= 0.6 is 21.6 Å². The summed E-state index contributed by atoms with van der Waals surface area (Å²) in [6, 6.07) is 0. The monoisotopic (exact) mass is 182 g/mol. The molecule has 60 valence electrons. The molecule has 0 rings (SSSR count). The van der Waals surface area contributed by atoms with E-state index in [-0.39, 0.29) is 11.9 Å². The molecule has 5 heteroatoms. The van der Waals surface area contributed by atoms with E-state index < -0.39 is 0 Å². The number of aliphatic hydroxyl groups is 1. The van der Waals surface area contributed by atoms with E-state index in [4.69, 9.17) is 5.11 Å². The molecule has 0 aliphatic carbocycles. The molecule has 0 atom stereocenters. The summed E-state index contributed by atoms with van der Waals surface area (Å²) in [5, 5.41) is 8.30. The largest absolute Gasteiger partial charge is 0.465 e. The maximum atomic E-state index is 10.6. The Kier molecular flexibility index (Phi) is 7.33. The fraction of sp³-hybridized carbons (Fsp3) is 0.800. The third-order valence-corrected chi connectivity index (χ3v) is 2.41. The molecule has 0 unspecified atom stereocenters. The van der Waals surface area contributed by atoms with Gasteiger partial charge in [0.25, 0.3) is 0 Å². The Morgan fingerprint density at radius 2 is 2.30 bits per heavy atom. The van der Waals surface area contributed by atoms with E-state index in [0.717, 1.165) is 0 Å². The number of rotatable bonds is 5. The third-order valence-electron chi connectivity index (χ3n) is 0.618. The Labute approximate surface area is 67.9 Å². The van der Waals surface area contributed by atoms with Crippen LogP contribution in [-0.4, -0.2) is 29.4 Å². The van der Waals surface area contributed by atoms with Crippen LogP contribution in [0.1, 0.15) is 6.92 Å². The van der Waals surface area contributed by atoms with Crippen molar-refractivity contribution >= 4 is 27.6 Å². The molecule has 0 aromatic carbocycles. The van der Waals surface area contributed by atoms with Crippen molar-refractivity contribution in [1.82, 2.24) is 0 Å². The minimum Gasteiger partial charge on any atom is -0.465 e. The molecule has 0 radical (unpaired) electrons. The lowest BCUT2D eigenvalue weighted by atomic mass is 10.8. The van der Waals surface area contributed by atoms with Crippen molar-refractivity contribution in [3.05, 3.63) is 0 Å². The molecule has 0 saturated carbocycles. The van der Waals surface area contributed by atoms with Crippen molar-refractivity contribution in [2.45, 2.75) is 6.92 Å². The van der Waals surface area contributed by atoms with Gasteiger partial charge in [0.1, 0.15) is 5.75 Å². The van der Waals surface area contributed by atoms with Crippen LogP contribution in [0.4, 0.5) is 0 Å².